The Kier molecular flexibility index (Phi) is 11.4. The van der Waals surface area contributed by atoms with E-state index in [4.69, 9.17) is 16.2 Å². The number of nitrogens with two attached hydrogens (primary N) is 2. The second-order valence-electron chi connectivity index (χ2n) is 5.07. The maximum Gasteiger partial charge on any atom is 0.311 e. The lowest BCUT2D eigenvalue weighted by Crippen LogP contribution is -2.32. The summed E-state index contributed by atoms with van der Waals surface area (Å²) >= 11 is 0. The zero-order valence-electron chi connectivity index (χ0n) is 13.3. The van der Waals surface area contributed by atoms with Crippen molar-refractivity contribution in [3.05, 3.63) is 0 Å². The minimum absolute atomic E-state index is 0.128. The third-order valence-corrected chi connectivity index (χ3v) is 1.53. The van der Waals surface area contributed by atoms with Crippen LogP contribution in [0.2, 0.25) is 0 Å². The van der Waals surface area contributed by atoms with Gasteiger partial charge >= 0.3 is 17.9 Å². The summed E-state index contributed by atoms with van der Waals surface area (Å²) < 4.78 is 14.0. The molecule has 0 heterocycles. The molecule has 21 heavy (non-hydrogen) atoms. The smallest absolute Gasteiger partial charge is 0.311 e. The van der Waals surface area contributed by atoms with Crippen LogP contribution in [0, 0.1) is 0 Å². The van der Waals surface area contributed by atoms with Crippen LogP contribution in [0.3, 0.4) is 0 Å². The molecule has 1 unspecified atom stereocenters. The molecule has 0 aromatic carbocycles. The van der Waals surface area contributed by atoms with Crippen molar-refractivity contribution in [3.63, 3.8) is 0 Å². The van der Waals surface area contributed by atoms with Gasteiger partial charge in [0.25, 0.3) is 0 Å². The number of ether oxygens (including phenoxy) is 3. The van der Waals surface area contributed by atoms with E-state index >= 15 is 0 Å². The molecule has 0 rings (SSSR count). The predicted octanol–water partition coefficient (Wildman–Crippen LogP) is 0.0743. The minimum Gasteiger partial charge on any atom is -0.465 e. The predicted molar refractivity (Wildman–Crippen MR) is 75.9 cm³/mol. The molecule has 0 radical (unpaired) electrons. The van der Waals surface area contributed by atoms with Gasteiger partial charge in [0, 0.05) is 20.4 Å². The summed E-state index contributed by atoms with van der Waals surface area (Å²) in [7, 11) is 0. The second kappa shape index (κ2) is 11.0. The second-order valence-corrected chi connectivity index (χ2v) is 5.07. The van der Waals surface area contributed by atoms with E-state index in [1.54, 1.807) is 20.8 Å². The van der Waals surface area contributed by atoms with Gasteiger partial charge in [-0.1, -0.05) is 0 Å². The van der Waals surface area contributed by atoms with Crippen molar-refractivity contribution in [1.29, 1.82) is 0 Å². The SMILES string of the molecule is CC(=O)OC(N)CC(=O)OC(C)(C)C.CC(=O)OCCN. The molecule has 8 nitrogen and oxygen atoms in total. The Hall–Kier alpha value is -1.67. The highest BCUT2D eigenvalue weighted by Gasteiger charge is 2.19. The molecule has 0 fully saturated rings. The third-order valence-electron chi connectivity index (χ3n) is 1.53. The monoisotopic (exact) mass is 306 g/mol. The summed E-state index contributed by atoms with van der Waals surface area (Å²) in [4.78, 5) is 31.5. The molecule has 0 aliphatic carbocycles. The number of rotatable bonds is 5. The van der Waals surface area contributed by atoms with Crippen LogP contribution in [0.5, 0.6) is 0 Å². The van der Waals surface area contributed by atoms with Crippen molar-refractivity contribution in [2.24, 2.45) is 11.5 Å². The Balaban J connectivity index is 0. The Morgan fingerprint density at radius 2 is 1.62 bits per heavy atom. The fraction of sp³-hybridized carbons (Fsp3) is 0.769. The number of hydrogen-bond donors (Lipinski definition) is 2. The fourth-order valence-electron chi connectivity index (χ4n) is 1.00. The molecule has 1 atom stereocenters. The summed E-state index contributed by atoms with van der Waals surface area (Å²) in [6, 6.07) is 0. The molecule has 0 aliphatic heterocycles. The Morgan fingerprint density at radius 3 is 1.90 bits per heavy atom. The van der Waals surface area contributed by atoms with E-state index in [9.17, 15) is 14.4 Å². The van der Waals surface area contributed by atoms with Crippen LogP contribution in [0.1, 0.15) is 41.0 Å². The molecule has 0 spiro atoms. The van der Waals surface area contributed by atoms with E-state index in [1.807, 2.05) is 0 Å². The quantitative estimate of drug-likeness (QED) is 0.414. The molecule has 0 aromatic heterocycles. The van der Waals surface area contributed by atoms with Crippen LogP contribution in [0.25, 0.3) is 0 Å². The van der Waals surface area contributed by atoms with Crippen molar-refractivity contribution >= 4 is 17.9 Å². The zero-order chi connectivity index (χ0) is 17.1. The van der Waals surface area contributed by atoms with Gasteiger partial charge in [-0.25, -0.2) is 0 Å². The normalized spacial score (nSPS) is 11.6. The molecule has 0 aliphatic rings. The van der Waals surface area contributed by atoms with Crippen molar-refractivity contribution in [2.45, 2.75) is 52.9 Å². The van der Waals surface area contributed by atoms with E-state index in [1.165, 1.54) is 13.8 Å². The molecule has 0 bridgehead atoms. The van der Waals surface area contributed by atoms with Gasteiger partial charge in [-0.05, 0) is 20.8 Å². The lowest BCUT2D eigenvalue weighted by atomic mass is 10.2. The van der Waals surface area contributed by atoms with E-state index < -0.39 is 23.8 Å². The van der Waals surface area contributed by atoms with Crippen molar-refractivity contribution in [3.8, 4) is 0 Å². The van der Waals surface area contributed by atoms with E-state index in [0.29, 0.717) is 13.2 Å². The van der Waals surface area contributed by atoms with Crippen molar-refractivity contribution in [2.75, 3.05) is 13.2 Å². The third kappa shape index (κ3) is 20.8. The average molecular weight is 306 g/mol. The Morgan fingerprint density at radius 1 is 1.10 bits per heavy atom. The van der Waals surface area contributed by atoms with Crippen molar-refractivity contribution in [1.82, 2.24) is 0 Å². The number of esters is 3. The van der Waals surface area contributed by atoms with Crippen LogP contribution in [0.4, 0.5) is 0 Å². The van der Waals surface area contributed by atoms with Crippen LogP contribution in [0.15, 0.2) is 0 Å². The Labute approximate surface area is 125 Å². The Bertz CT molecular complexity index is 338. The van der Waals surface area contributed by atoms with E-state index in [-0.39, 0.29) is 12.4 Å². The van der Waals surface area contributed by atoms with E-state index in [2.05, 4.69) is 9.47 Å². The van der Waals surface area contributed by atoms with Gasteiger partial charge in [-0.2, -0.15) is 0 Å². The first-order chi connectivity index (χ1) is 9.47. The largest absolute Gasteiger partial charge is 0.465 e. The zero-order valence-corrected chi connectivity index (χ0v) is 13.3. The molecule has 8 heteroatoms. The summed E-state index contributed by atoms with van der Waals surface area (Å²) in [5.41, 5.74) is 9.80. The van der Waals surface area contributed by atoms with Crippen LogP contribution < -0.4 is 11.5 Å². The summed E-state index contributed by atoms with van der Waals surface area (Å²) in [6.45, 7) is 8.58. The van der Waals surface area contributed by atoms with Gasteiger partial charge in [0.1, 0.15) is 12.2 Å². The maximum atomic E-state index is 11.2. The molecular weight excluding hydrogens is 280 g/mol. The summed E-state index contributed by atoms with van der Waals surface area (Å²) in [5, 5.41) is 0. The lowest BCUT2D eigenvalue weighted by Gasteiger charge is -2.20. The minimum atomic E-state index is -0.928. The molecule has 4 N–H and O–H groups in total. The molecule has 0 amide bonds. The summed E-state index contributed by atoms with van der Waals surface area (Å²) in [5.74, 6) is -1.27. The van der Waals surface area contributed by atoms with Crippen LogP contribution in [-0.4, -0.2) is 42.9 Å². The van der Waals surface area contributed by atoms with Gasteiger partial charge < -0.3 is 19.9 Å². The first-order valence-corrected chi connectivity index (χ1v) is 6.46. The molecule has 0 saturated carbocycles. The molecule has 0 aromatic rings. The van der Waals surface area contributed by atoms with Crippen LogP contribution in [-0.2, 0) is 28.6 Å². The van der Waals surface area contributed by atoms with E-state index in [0.717, 1.165) is 0 Å². The molecular formula is C13H26N2O6. The van der Waals surface area contributed by atoms with Gasteiger partial charge in [-0.3, -0.25) is 20.1 Å². The van der Waals surface area contributed by atoms with Crippen LogP contribution >= 0.6 is 0 Å². The van der Waals surface area contributed by atoms with Gasteiger partial charge in [0.05, 0.1) is 6.42 Å². The van der Waals surface area contributed by atoms with Gasteiger partial charge in [-0.15, -0.1) is 0 Å². The first kappa shape index (κ1) is 21.6. The topological polar surface area (TPSA) is 131 Å². The highest BCUT2D eigenvalue weighted by molar-refractivity contribution is 5.71. The maximum absolute atomic E-state index is 11.2. The fourth-order valence-corrected chi connectivity index (χ4v) is 1.00. The van der Waals surface area contributed by atoms with Gasteiger partial charge in [0.2, 0.25) is 0 Å². The number of hydrogen-bond acceptors (Lipinski definition) is 8. The van der Waals surface area contributed by atoms with Crippen molar-refractivity contribution < 1.29 is 28.6 Å². The molecule has 124 valence electrons. The lowest BCUT2D eigenvalue weighted by molar-refractivity contribution is -0.160. The summed E-state index contributed by atoms with van der Waals surface area (Å²) in [6.07, 6.45) is -1.06. The number of carbonyl (C=O) groups excluding carboxylic acids is 3. The highest BCUT2D eigenvalue weighted by Crippen LogP contribution is 2.09. The molecule has 0 saturated heterocycles. The standard InChI is InChI=1S/C9H17NO4.C4H9NO2/c1-6(11)13-7(10)5-8(12)14-9(2,3)4;1-4(6)7-3-2-5/h7H,5,10H2,1-4H3;2-3,5H2,1H3. The number of carbonyl (C=O) groups is 3. The average Bonchev–Trinajstić information content (AvgIpc) is 2.22. The first-order valence-electron chi connectivity index (χ1n) is 6.46. The van der Waals surface area contributed by atoms with Gasteiger partial charge in [0.15, 0.2) is 6.23 Å². The highest BCUT2D eigenvalue weighted by atomic mass is 16.6.